The summed E-state index contributed by atoms with van der Waals surface area (Å²) in [6.07, 6.45) is 7.77. The van der Waals surface area contributed by atoms with Gasteiger partial charge in [-0.25, -0.2) is 4.98 Å². The van der Waals surface area contributed by atoms with Gasteiger partial charge in [0.15, 0.2) is 5.65 Å². The number of H-pyrrole nitrogens is 1. The van der Waals surface area contributed by atoms with Gasteiger partial charge in [0.1, 0.15) is 5.52 Å². The fourth-order valence-corrected chi connectivity index (χ4v) is 3.00. The second kappa shape index (κ2) is 4.69. The molecule has 1 unspecified atom stereocenters. The van der Waals surface area contributed by atoms with Gasteiger partial charge in [0.2, 0.25) is 0 Å². The van der Waals surface area contributed by atoms with Crippen molar-refractivity contribution in [2.24, 2.45) is 5.92 Å². The van der Waals surface area contributed by atoms with E-state index in [1.807, 2.05) is 6.92 Å². The molecule has 0 aliphatic heterocycles. The summed E-state index contributed by atoms with van der Waals surface area (Å²) in [5.74, 6) is 1.04. The Morgan fingerprint density at radius 1 is 1.22 bits per heavy atom. The summed E-state index contributed by atoms with van der Waals surface area (Å²) >= 11 is 0. The van der Waals surface area contributed by atoms with Crippen molar-refractivity contribution in [3.05, 3.63) is 24.2 Å². The number of aromatic nitrogens is 3. The number of nitrogens with zero attached hydrogens (tertiary/aromatic N) is 2. The molecule has 3 rings (SSSR count). The minimum absolute atomic E-state index is 0.169. The summed E-state index contributed by atoms with van der Waals surface area (Å²) in [4.78, 5) is 12.0. The van der Waals surface area contributed by atoms with Crippen LogP contribution in [-0.4, -0.2) is 26.2 Å². The molecule has 0 saturated heterocycles. The fraction of sp³-hybridized carbons (Fsp3) is 0.571. The quantitative estimate of drug-likeness (QED) is 0.855. The van der Waals surface area contributed by atoms with Gasteiger partial charge in [0.05, 0.1) is 6.10 Å². The largest absolute Gasteiger partial charge is 0.393 e. The van der Waals surface area contributed by atoms with Crippen molar-refractivity contribution in [2.75, 3.05) is 0 Å². The van der Waals surface area contributed by atoms with Crippen molar-refractivity contribution in [3.8, 4) is 0 Å². The molecule has 1 fully saturated rings. The summed E-state index contributed by atoms with van der Waals surface area (Å²) < 4.78 is 0. The first-order chi connectivity index (χ1) is 8.74. The van der Waals surface area contributed by atoms with Crippen LogP contribution >= 0.6 is 0 Å². The molecular weight excluding hydrogens is 226 g/mol. The van der Waals surface area contributed by atoms with E-state index in [1.54, 1.807) is 12.4 Å². The molecule has 4 heteroatoms. The van der Waals surface area contributed by atoms with Crippen LogP contribution in [0.1, 0.15) is 44.2 Å². The third kappa shape index (κ3) is 2.12. The molecule has 0 spiro atoms. The molecule has 2 N–H and O–H groups in total. The highest BCUT2D eigenvalue weighted by atomic mass is 16.3. The second-order valence-electron chi connectivity index (χ2n) is 5.37. The van der Waals surface area contributed by atoms with Gasteiger partial charge in [0.25, 0.3) is 0 Å². The van der Waals surface area contributed by atoms with Gasteiger partial charge in [-0.15, -0.1) is 0 Å². The molecule has 0 amide bonds. The molecule has 4 nitrogen and oxygen atoms in total. The van der Waals surface area contributed by atoms with Crippen molar-refractivity contribution in [2.45, 2.75) is 44.6 Å². The molecule has 0 aromatic carbocycles. The monoisotopic (exact) mass is 245 g/mol. The van der Waals surface area contributed by atoms with Crippen LogP contribution in [0.5, 0.6) is 0 Å². The molecule has 2 aromatic heterocycles. The van der Waals surface area contributed by atoms with E-state index in [0.717, 1.165) is 36.8 Å². The van der Waals surface area contributed by atoms with E-state index in [0.29, 0.717) is 11.8 Å². The lowest BCUT2D eigenvalue weighted by molar-refractivity contribution is 0.0964. The summed E-state index contributed by atoms with van der Waals surface area (Å²) in [7, 11) is 0. The van der Waals surface area contributed by atoms with Crippen LogP contribution in [0.2, 0.25) is 0 Å². The van der Waals surface area contributed by atoms with Gasteiger partial charge in [-0.1, -0.05) is 0 Å². The zero-order valence-corrected chi connectivity index (χ0v) is 10.6. The zero-order valence-electron chi connectivity index (χ0n) is 10.6. The second-order valence-corrected chi connectivity index (χ2v) is 5.37. The Hall–Kier alpha value is -1.42. The Labute approximate surface area is 106 Å². The maximum atomic E-state index is 9.62. The van der Waals surface area contributed by atoms with Crippen LogP contribution in [0.4, 0.5) is 0 Å². The molecule has 1 atom stereocenters. The molecule has 1 aliphatic carbocycles. The summed E-state index contributed by atoms with van der Waals surface area (Å²) in [5.41, 5.74) is 3.08. The number of aliphatic hydroxyl groups excluding tert-OH is 1. The molecule has 2 aromatic rings. The average Bonchev–Trinajstić information content (AvgIpc) is 2.82. The first kappa shape index (κ1) is 11.7. The van der Waals surface area contributed by atoms with Gasteiger partial charge in [-0.3, -0.25) is 4.98 Å². The lowest BCUT2D eigenvalue weighted by atomic mass is 9.78. The van der Waals surface area contributed by atoms with Crippen molar-refractivity contribution in [3.63, 3.8) is 0 Å². The summed E-state index contributed by atoms with van der Waals surface area (Å²) in [5, 5.41) is 9.62. The number of aliphatic hydroxyl groups is 1. The highest BCUT2D eigenvalue weighted by molar-refractivity contribution is 5.71. The van der Waals surface area contributed by atoms with Gasteiger partial charge in [-0.2, -0.15) is 0 Å². The normalized spacial score (nSPS) is 26.3. The zero-order chi connectivity index (χ0) is 12.5. The third-order valence-corrected chi connectivity index (χ3v) is 4.18. The van der Waals surface area contributed by atoms with E-state index in [2.05, 4.69) is 21.0 Å². The maximum Gasteiger partial charge on any atom is 0.156 e. The van der Waals surface area contributed by atoms with Crippen molar-refractivity contribution in [1.29, 1.82) is 0 Å². The molecule has 2 heterocycles. The first-order valence-corrected chi connectivity index (χ1v) is 6.71. The van der Waals surface area contributed by atoms with E-state index in [4.69, 9.17) is 0 Å². The molecule has 0 bridgehead atoms. The molecule has 0 radical (unpaired) electrons. The maximum absolute atomic E-state index is 9.62. The van der Waals surface area contributed by atoms with E-state index >= 15 is 0 Å². The molecule has 1 saturated carbocycles. The van der Waals surface area contributed by atoms with Crippen LogP contribution in [-0.2, 0) is 0 Å². The fourth-order valence-electron chi connectivity index (χ4n) is 3.00. The lowest BCUT2D eigenvalue weighted by Gasteiger charge is -2.29. The highest BCUT2D eigenvalue weighted by Gasteiger charge is 2.26. The summed E-state index contributed by atoms with van der Waals surface area (Å²) in [6, 6.07) is 2.12. The Bertz CT molecular complexity index is 494. The first-order valence-electron chi connectivity index (χ1n) is 6.71. The molecule has 1 aliphatic rings. The van der Waals surface area contributed by atoms with Crippen LogP contribution in [0.3, 0.4) is 0 Å². The molecular formula is C14H19N3O. The van der Waals surface area contributed by atoms with Crippen LogP contribution in [0.25, 0.3) is 11.2 Å². The standard InChI is InChI=1S/C14H19N3O/c1-9(18)10-2-4-11(5-3-10)12-8-13-14(17-12)16-7-6-15-13/h6-11,18H,2-5H2,1H3,(H,16,17). The SMILES string of the molecule is CC(O)C1CCC(c2cc3nccnc3[nH]2)CC1. The smallest absolute Gasteiger partial charge is 0.156 e. The van der Waals surface area contributed by atoms with Gasteiger partial charge < -0.3 is 10.1 Å². The Balaban J connectivity index is 1.76. The minimum Gasteiger partial charge on any atom is -0.393 e. The number of hydrogen-bond acceptors (Lipinski definition) is 3. The van der Waals surface area contributed by atoms with Gasteiger partial charge in [-0.05, 0) is 50.5 Å². The highest BCUT2D eigenvalue weighted by Crippen LogP contribution is 2.37. The Morgan fingerprint density at radius 2 is 1.94 bits per heavy atom. The summed E-state index contributed by atoms with van der Waals surface area (Å²) in [6.45, 7) is 1.90. The predicted molar refractivity (Wildman–Crippen MR) is 70.3 cm³/mol. The van der Waals surface area contributed by atoms with Crippen LogP contribution < -0.4 is 0 Å². The average molecular weight is 245 g/mol. The number of rotatable bonds is 2. The van der Waals surface area contributed by atoms with E-state index in [-0.39, 0.29) is 6.10 Å². The van der Waals surface area contributed by atoms with Crippen molar-refractivity contribution < 1.29 is 5.11 Å². The molecule has 18 heavy (non-hydrogen) atoms. The topological polar surface area (TPSA) is 61.8 Å². The number of aromatic amines is 1. The van der Waals surface area contributed by atoms with E-state index < -0.39 is 0 Å². The Kier molecular flexibility index (Phi) is 3.04. The van der Waals surface area contributed by atoms with Gasteiger partial charge >= 0.3 is 0 Å². The van der Waals surface area contributed by atoms with Gasteiger partial charge in [0, 0.05) is 18.1 Å². The Morgan fingerprint density at radius 3 is 2.61 bits per heavy atom. The van der Waals surface area contributed by atoms with Crippen molar-refractivity contribution >= 4 is 11.2 Å². The molecule has 96 valence electrons. The van der Waals surface area contributed by atoms with Crippen LogP contribution in [0, 0.1) is 5.92 Å². The van der Waals surface area contributed by atoms with Crippen molar-refractivity contribution in [1.82, 2.24) is 15.0 Å². The number of fused-ring (bicyclic) bond motifs is 1. The lowest BCUT2D eigenvalue weighted by Crippen LogP contribution is -2.22. The van der Waals surface area contributed by atoms with Crippen LogP contribution in [0.15, 0.2) is 18.5 Å². The number of nitrogens with one attached hydrogen (secondary N) is 1. The minimum atomic E-state index is -0.169. The van der Waals surface area contributed by atoms with E-state index in [9.17, 15) is 5.11 Å². The number of hydrogen-bond donors (Lipinski definition) is 2. The van der Waals surface area contributed by atoms with E-state index in [1.165, 1.54) is 5.69 Å². The predicted octanol–water partition coefficient (Wildman–Crippen LogP) is 2.61. The third-order valence-electron chi connectivity index (χ3n) is 4.18.